The van der Waals surface area contributed by atoms with Crippen LogP contribution in [0.3, 0.4) is 0 Å². The Morgan fingerprint density at radius 2 is 2.39 bits per heavy atom. The van der Waals surface area contributed by atoms with Gasteiger partial charge in [0.25, 0.3) is 0 Å². The Morgan fingerprint density at radius 1 is 1.67 bits per heavy atom. The van der Waals surface area contributed by atoms with Crippen molar-refractivity contribution >= 4 is 17.7 Å². The van der Waals surface area contributed by atoms with E-state index in [0.29, 0.717) is 11.7 Å². The maximum absolute atomic E-state index is 11.6. The number of rotatable bonds is 6. The number of carboxylic acids is 1. The minimum absolute atomic E-state index is 0.121. The summed E-state index contributed by atoms with van der Waals surface area (Å²) < 4.78 is 6.91. The fourth-order valence-corrected chi connectivity index (χ4v) is 2.63. The highest BCUT2D eigenvalue weighted by atomic mass is 32.2. The highest BCUT2D eigenvalue weighted by Gasteiger charge is 2.38. The van der Waals surface area contributed by atoms with Crippen molar-refractivity contribution in [3.05, 3.63) is 10.5 Å². The second-order valence-corrected chi connectivity index (χ2v) is 5.26. The summed E-state index contributed by atoms with van der Waals surface area (Å²) in [5.41, 5.74) is -0.627. The molecule has 0 aromatic carbocycles. The molecule has 2 N–H and O–H groups in total. The number of aromatic amines is 1. The quantitative estimate of drug-likeness (QED) is 0.724. The zero-order chi connectivity index (χ0) is 13.2. The van der Waals surface area contributed by atoms with Gasteiger partial charge in [-0.2, -0.15) is 0 Å². The van der Waals surface area contributed by atoms with Crippen LogP contribution in [-0.2, 0) is 16.1 Å². The Balaban J connectivity index is 2.13. The molecule has 0 spiro atoms. The van der Waals surface area contributed by atoms with E-state index in [9.17, 15) is 9.59 Å². The predicted octanol–water partition coefficient (Wildman–Crippen LogP) is 0.317. The second-order valence-electron chi connectivity index (χ2n) is 4.32. The van der Waals surface area contributed by atoms with E-state index in [1.54, 1.807) is 7.11 Å². The highest BCUT2D eigenvalue weighted by Crippen LogP contribution is 2.36. The van der Waals surface area contributed by atoms with Crippen LogP contribution in [0.25, 0.3) is 0 Å². The van der Waals surface area contributed by atoms with E-state index in [1.165, 1.54) is 4.57 Å². The summed E-state index contributed by atoms with van der Waals surface area (Å²) >= 11 is 1.03. The molecule has 1 aliphatic carbocycles. The van der Waals surface area contributed by atoms with E-state index in [1.807, 2.05) is 0 Å². The Morgan fingerprint density at radius 3 is 2.89 bits per heavy atom. The van der Waals surface area contributed by atoms with Gasteiger partial charge in [-0.05, 0) is 19.3 Å². The van der Waals surface area contributed by atoms with Crippen LogP contribution in [0.15, 0.2) is 9.95 Å². The van der Waals surface area contributed by atoms with Crippen LogP contribution in [0.2, 0.25) is 0 Å². The number of ether oxygens (including phenoxy) is 1. The zero-order valence-corrected chi connectivity index (χ0v) is 10.8. The molecule has 1 aliphatic rings. The van der Waals surface area contributed by atoms with Crippen LogP contribution in [0.4, 0.5) is 0 Å². The van der Waals surface area contributed by atoms with Gasteiger partial charge in [-0.25, -0.2) is 9.89 Å². The lowest BCUT2D eigenvalue weighted by Crippen LogP contribution is -2.45. The number of thioether (sulfide) groups is 1. The largest absolute Gasteiger partial charge is 0.481 e. The molecule has 100 valence electrons. The molecule has 1 aromatic rings. The van der Waals surface area contributed by atoms with Crippen LogP contribution in [0.5, 0.6) is 0 Å². The van der Waals surface area contributed by atoms with Crippen molar-refractivity contribution in [2.75, 3.05) is 12.9 Å². The molecule has 18 heavy (non-hydrogen) atoms. The van der Waals surface area contributed by atoms with Gasteiger partial charge in [0, 0.05) is 7.11 Å². The van der Waals surface area contributed by atoms with Gasteiger partial charge >= 0.3 is 11.7 Å². The normalized spacial score (nSPS) is 17.4. The number of H-pyrrole nitrogens is 1. The third kappa shape index (κ3) is 2.59. The van der Waals surface area contributed by atoms with E-state index in [2.05, 4.69) is 10.2 Å². The molecule has 0 bridgehead atoms. The number of carboxylic acid groups (broad SMARTS) is 1. The Labute approximate surface area is 108 Å². The number of nitrogens with zero attached hydrogens (tertiary/aromatic N) is 2. The van der Waals surface area contributed by atoms with E-state index in [0.717, 1.165) is 31.0 Å². The molecule has 0 unspecified atom stereocenters. The van der Waals surface area contributed by atoms with Crippen molar-refractivity contribution in [3.63, 3.8) is 0 Å². The minimum Gasteiger partial charge on any atom is -0.481 e. The van der Waals surface area contributed by atoms with Gasteiger partial charge in [-0.3, -0.25) is 9.36 Å². The van der Waals surface area contributed by atoms with Crippen LogP contribution in [0, 0.1) is 0 Å². The number of carbonyl (C=O) groups is 1. The molecule has 0 saturated heterocycles. The van der Waals surface area contributed by atoms with Crippen molar-refractivity contribution in [2.45, 2.75) is 36.6 Å². The molecule has 0 atom stereocenters. The third-order valence-corrected chi connectivity index (χ3v) is 4.15. The van der Waals surface area contributed by atoms with E-state index >= 15 is 0 Å². The number of methoxy groups -OCH3 is 1. The molecular weight excluding hydrogens is 258 g/mol. The first kappa shape index (κ1) is 13.2. The average molecular weight is 273 g/mol. The number of hydrogen-bond donors (Lipinski definition) is 2. The van der Waals surface area contributed by atoms with Crippen molar-refractivity contribution < 1.29 is 14.6 Å². The number of aliphatic carboxylic acids is 1. The van der Waals surface area contributed by atoms with Crippen LogP contribution in [-0.4, -0.2) is 44.3 Å². The Hall–Kier alpha value is -1.28. The van der Waals surface area contributed by atoms with Crippen molar-refractivity contribution in [3.8, 4) is 0 Å². The summed E-state index contributed by atoms with van der Waals surface area (Å²) in [6.07, 6.45) is 2.90. The van der Waals surface area contributed by atoms with Crippen LogP contribution in [0.1, 0.15) is 19.3 Å². The van der Waals surface area contributed by atoms with Crippen molar-refractivity contribution in [2.24, 2.45) is 0 Å². The number of aromatic nitrogens is 3. The molecule has 1 fully saturated rings. The summed E-state index contributed by atoms with van der Waals surface area (Å²) in [7, 11) is 1.63. The third-order valence-electron chi connectivity index (χ3n) is 3.19. The van der Waals surface area contributed by atoms with Gasteiger partial charge in [-0.1, -0.05) is 11.8 Å². The van der Waals surface area contributed by atoms with Gasteiger partial charge in [0.15, 0.2) is 5.16 Å². The fourth-order valence-electron chi connectivity index (χ4n) is 1.97. The minimum atomic E-state index is -0.938. The standard InChI is InChI=1S/C10H15N3O4S/c1-17-10(3-2-4-10)6-13-8(16)11-12-9(13)18-5-7(14)15/h2-6H2,1H3,(H,11,16)(H,14,15). The molecule has 2 rings (SSSR count). The Kier molecular flexibility index (Phi) is 3.76. The van der Waals surface area contributed by atoms with Crippen LogP contribution < -0.4 is 5.69 Å². The second kappa shape index (κ2) is 5.15. The summed E-state index contributed by atoms with van der Waals surface area (Å²) in [6, 6.07) is 0. The first-order valence-corrected chi connectivity index (χ1v) is 6.60. The molecule has 0 aliphatic heterocycles. The summed E-state index contributed by atoms with van der Waals surface area (Å²) in [5, 5.41) is 15.2. The van der Waals surface area contributed by atoms with Gasteiger partial charge in [0.1, 0.15) is 0 Å². The molecular formula is C10H15N3O4S. The van der Waals surface area contributed by atoms with E-state index in [-0.39, 0.29) is 17.0 Å². The topological polar surface area (TPSA) is 97.2 Å². The maximum Gasteiger partial charge on any atom is 0.344 e. The van der Waals surface area contributed by atoms with Gasteiger partial charge < -0.3 is 9.84 Å². The van der Waals surface area contributed by atoms with E-state index in [4.69, 9.17) is 9.84 Å². The smallest absolute Gasteiger partial charge is 0.344 e. The summed E-state index contributed by atoms with van der Waals surface area (Å²) in [5.74, 6) is -1.06. The number of nitrogens with one attached hydrogen (secondary N) is 1. The number of hydrogen-bond acceptors (Lipinski definition) is 5. The van der Waals surface area contributed by atoms with Crippen LogP contribution >= 0.6 is 11.8 Å². The summed E-state index contributed by atoms with van der Waals surface area (Å²) in [4.78, 5) is 22.2. The highest BCUT2D eigenvalue weighted by molar-refractivity contribution is 7.99. The van der Waals surface area contributed by atoms with Gasteiger partial charge in [-0.15, -0.1) is 5.10 Å². The lowest BCUT2D eigenvalue weighted by atomic mass is 9.80. The van der Waals surface area contributed by atoms with Gasteiger partial charge in [0.2, 0.25) is 0 Å². The SMILES string of the molecule is COC1(Cn2c(SCC(=O)O)n[nH]c2=O)CCC1. The first-order valence-electron chi connectivity index (χ1n) is 5.61. The molecule has 1 saturated carbocycles. The first-order chi connectivity index (χ1) is 8.56. The Bertz CT molecular complexity index is 486. The van der Waals surface area contributed by atoms with Crippen molar-refractivity contribution in [1.29, 1.82) is 0 Å². The fraction of sp³-hybridized carbons (Fsp3) is 0.700. The molecule has 0 amide bonds. The maximum atomic E-state index is 11.6. The average Bonchev–Trinajstić information content (AvgIpc) is 2.62. The summed E-state index contributed by atoms with van der Waals surface area (Å²) in [6.45, 7) is 0.417. The van der Waals surface area contributed by atoms with Crippen molar-refractivity contribution in [1.82, 2.24) is 14.8 Å². The molecule has 8 heteroatoms. The van der Waals surface area contributed by atoms with Gasteiger partial charge in [0.05, 0.1) is 17.9 Å². The van der Waals surface area contributed by atoms with E-state index < -0.39 is 5.97 Å². The monoisotopic (exact) mass is 273 g/mol. The zero-order valence-electron chi connectivity index (χ0n) is 10.0. The lowest BCUT2D eigenvalue weighted by Gasteiger charge is -2.40. The molecule has 1 aromatic heterocycles. The lowest BCUT2D eigenvalue weighted by molar-refractivity contribution is -0.133. The predicted molar refractivity (Wildman–Crippen MR) is 64.8 cm³/mol. The molecule has 7 nitrogen and oxygen atoms in total. The molecule has 0 radical (unpaired) electrons. The molecule has 1 heterocycles.